The maximum absolute atomic E-state index is 8.81. The van der Waals surface area contributed by atoms with E-state index in [9.17, 15) is 0 Å². The predicted octanol–water partition coefficient (Wildman–Crippen LogP) is 3.23. The third kappa shape index (κ3) is 3.64. The minimum Gasteiger partial charge on any atom is -0.382 e. The molecule has 0 spiro atoms. The number of nitrogens with zero attached hydrogens (tertiary/aromatic N) is 4. The molecule has 4 aromatic rings. The van der Waals surface area contributed by atoms with Crippen molar-refractivity contribution in [2.75, 3.05) is 18.9 Å². The van der Waals surface area contributed by atoms with Crippen molar-refractivity contribution >= 4 is 27.8 Å². The molecule has 0 aliphatic heterocycles. The van der Waals surface area contributed by atoms with Crippen LogP contribution in [0.4, 0.5) is 5.82 Å². The van der Waals surface area contributed by atoms with E-state index in [0.29, 0.717) is 43.4 Å². The van der Waals surface area contributed by atoms with E-state index in [1.54, 1.807) is 18.5 Å². The molecule has 7 heteroatoms. The summed E-state index contributed by atoms with van der Waals surface area (Å²) in [7, 11) is 0. The quantitative estimate of drug-likeness (QED) is 0.499. The summed E-state index contributed by atoms with van der Waals surface area (Å²) in [5.41, 5.74) is 10.1. The van der Waals surface area contributed by atoms with Gasteiger partial charge in [0.15, 0.2) is 5.82 Å². The molecule has 0 saturated carbocycles. The summed E-state index contributed by atoms with van der Waals surface area (Å²) in [6.07, 6.45) is 1.72. The Morgan fingerprint density at radius 2 is 1.82 bits per heavy atom. The van der Waals surface area contributed by atoms with E-state index in [-0.39, 0.29) is 0 Å². The lowest BCUT2D eigenvalue weighted by molar-refractivity contribution is 0.0149. The summed E-state index contributed by atoms with van der Waals surface area (Å²) < 4.78 is 13.3. The van der Waals surface area contributed by atoms with Gasteiger partial charge in [-0.1, -0.05) is 30.3 Å². The first-order valence-electron chi connectivity index (χ1n) is 8.90. The Labute approximate surface area is 161 Å². The molecule has 0 unspecified atom stereocenters. The van der Waals surface area contributed by atoms with E-state index in [0.717, 1.165) is 22.0 Å². The summed E-state index contributed by atoms with van der Waals surface area (Å²) in [5, 5.41) is 9.80. The van der Waals surface area contributed by atoms with Crippen molar-refractivity contribution in [3.05, 3.63) is 66.0 Å². The maximum atomic E-state index is 8.81. The second-order valence-electron chi connectivity index (χ2n) is 6.32. The van der Waals surface area contributed by atoms with Gasteiger partial charge in [0, 0.05) is 5.39 Å². The Kier molecular flexibility index (Phi) is 5.15. The lowest BCUT2D eigenvalue weighted by atomic mass is 10.2. The molecule has 0 atom stereocenters. The molecular formula is C21H19N5O2. The van der Waals surface area contributed by atoms with Crippen molar-refractivity contribution in [3.8, 4) is 6.07 Å². The molecule has 0 bridgehead atoms. The molecule has 0 saturated heterocycles. The minimum absolute atomic E-state index is 0.351. The van der Waals surface area contributed by atoms with Crippen LogP contribution in [0.3, 0.4) is 0 Å². The number of rotatable bonds is 7. The van der Waals surface area contributed by atoms with Crippen LogP contribution in [0.25, 0.3) is 21.9 Å². The Morgan fingerprint density at radius 1 is 1.04 bits per heavy atom. The standard InChI is InChI=1S/C21H19N5O2/c22-11-15-5-7-16(8-6-15)12-27-9-10-28-14-26-13-24-19-20(26)17-3-1-2-4-18(17)25-21(19)23/h1-8,13H,9-10,12,14H2,(H2,23,25). The van der Waals surface area contributed by atoms with Gasteiger partial charge in [-0.15, -0.1) is 0 Å². The third-order valence-corrected chi connectivity index (χ3v) is 4.43. The zero-order valence-corrected chi connectivity index (χ0v) is 15.2. The fourth-order valence-corrected chi connectivity index (χ4v) is 3.05. The molecule has 0 aliphatic rings. The summed E-state index contributed by atoms with van der Waals surface area (Å²) >= 11 is 0. The Morgan fingerprint density at radius 3 is 2.64 bits per heavy atom. The number of anilines is 1. The predicted molar refractivity (Wildman–Crippen MR) is 106 cm³/mol. The molecule has 0 amide bonds. The number of ether oxygens (including phenoxy) is 2. The fraction of sp³-hybridized carbons (Fsp3) is 0.190. The van der Waals surface area contributed by atoms with E-state index in [4.69, 9.17) is 20.5 Å². The summed E-state index contributed by atoms with van der Waals surface area (Å²) in [4.78, 5) is 8.78. The van der Waals surface area contributed by atoms with Crippen LogP contribution in [0.1, 0.15) is 11.1 Å². The van der Waals surface area contributed by atoms with Crippen LogP contribution in [0, 0.1) is 11.3 Å². The van der Waals surface area contributed by atoms with Crippen molar-refractivity contribution < 1.29 is 9.47 Å². The van der Waals surface area contributed by atoms with Crippen LogP contribution >= 0.6 is 0 Å². The van der Waals surface area contributed by atoms with Crippen molar-refractivity contribution in [2.24, 2.45) is 0 Å². The van der Waals surface area contributed by atoms with Gasteiger partial charge in [-0.2, -0.15) is 5.26 Å². The number of aromatic nitrogens is 3. The molecule has 2 heterocycles. The molecule has 2 aromatic carbocycles. The van der Waals surface area contributed by atoms with Crippen LogP contribution < -0.4 is 5.73 Å². The molecule has 0 fully saturated rings. The number of hydrogen-bond donors (Lipinski definition) is 1. The maximum Gasteiger partial charge on any atom is 0.152 e. The average Bonchev–Trinajstić information content (AvgIpc) is 3.16. The second kappa shape index (κ2) is 8.05. The largest absolute Gasteiger partial charge is 0.382 e. The Balaban J connectivity index is 1.34. The van der Waals surface area contributed by atoms with Crippen molar-refractivity contribution in [1.29, 1.82) is 5.26 Å². The zero-order valence-electron chi connectivity index (χ0n) is 15.2. The lowest BCUT2D eigenvalue weighted by Crippen LogP contribution is -2.08. The highest BCUT2D eigenvalue weighted by atomic mass is 16.5. The normalized spacial score (nSPS) is 11.1. The fourth-order valence-electron chi connectivity index (χ4n) is 3.05. The van der Waals surface area contributed by atoms with Gasteiger partial charge in [-0.3, -0.25) is 0 Å². The SMILES string of the molecule is N#Cc1ccc(COCCOCn2cnc3c(N)nc4ccccc4c32)cc1. The van der Waals surface area contributed by atoms with E-state index < -0.39 is 0 Å². The topological polar surface area (TPSA) is 99.0 Å². The average molecular weight is 373 g/mol. The van der Waals surface area contributed by atoms with E-state index in [2.05, 4.69) is 16.0 Å². The van der Waals surface area contributed by atoms with Gasteiger partial charge in [-0.25, -0.2) is 9.97 Å². The highest BCUT2D eigenvalue weighted by molar-refractivity contribution is 6.06. The molecular weight excluding hydrogens is 354 g/mol. The first kappa shape index (κ1) is 17.9. The number of pyridine rings is 1. The molecule has 2 N–H and O–H groups in total. The second-order valence-corrected chi connectivity index (χ2v) is 6.32. The van der Waals surface area contributed by atoms with Crippen molar-refractivity contribution in [3.63, 3.8) is 0 Å². The molecule has 2 aromatic heterocycles. The molecule has 0 radical (unpaired) electrons. The van der Waals surface area contributed by atoms with E-state index in [1.807, 2.05) is 41.0 Å². The van der Waals surface area contributed by atoms with Crippen molar-refractivity contribution in [2.45, 2.75) is 13.3 Å². The van der Waals surface area contributed by atoms with Crippen LogP contribution in [0.15, 0.2) is 54.9 Å². The summed E-state index contributed by atoms with van der Waals surface area (Å²) in [6, 6.07) is 17.3. The monoisotopic (exact) mass is 373 g/mol. The third-order valence-electron chi connectivity index (χ3n) is 4.43. The zero-order chi connectivity index (χ0) is 19.3. The van der Waals surface area contributed by atoms with Gasteiger partial charge in [-0.05, 0) is 23.8 Å². The number of imidazole rings is 1. The van der Waals surface area contributed by atoms with Gasteiger partial charge < -0.3 is 19.8 Å². The van der Waals surface area contributed by atoms with Gasteiger partial charge in [0.1, 0.15) is 12.2 Å². The van der Waals surface area contributed by atoms with Gasteiger partial charge in [0.05, 0.1) is 48.8 Å². The number of benzene rings is 2. The Hall–Kier alpha value is -3.47. The van der Waals surface area contributed by atoms with Gasteiger partial charge in [0.25, 0.3) is 0 Å². The smallest absolute Gasteiger partial charge is 0.152 e. The molecule has 0 aliphatic carbocycles. The number of nitrogen functional groups attached to an aromatic ring is 1. The number of nitrogens with two attached hydrogens (primary N) is 1. The molecule has 140 valence electrons. The minimum atomic E-state index is 0.351. The van der Waals surface area contributed by atoms with Crippen LogP contribution in [-0.4, -0.2) is 27.7 Å². The van der Waals surface area contributed by atoms with Crippen LogP contribution in [0.5, 0.6) is 0 Å². The number of nitriles is 1. The first-order valence-corrected chi connectivity index (χ1v) is 8.90. The molecule has 7 nitrogen and oxygen atoms in total. The Bertz CT molecular complexity index is 1150. The highest BCUT2D eigenvalue weighted by Gasteiger charge is 2.11. The van der Waals surface area contributed by atoms with Crippen molar-refractivity contribution in [1.82, 2.24) is 14.5 Å². The van der Waals surface area contributed by atoms with E-state index in [1.165, 1.54) is 0 Å². The number of para-hydroxylation sites is 1. The molecule has 4 rings (SSSR count). The summed E-state index contributed by atoms with van der Waals surface area (Å²) in [5.74, 6) is 0.415. The highest BCUT2D eigenvalue weighted by Crippen LogP contribution is 2.26. The lowest BCUT2D eigenvalue weighted by Gasteiger charge is -2.09. The summed E-state index contributed by atoms with van der Waals surface area (Å²) in [6.45, 7) is 1.76. The van der Waals surface area contributed by atoms with E-state index >= 15 is 0 Å². The molecule has 28 heavy (non-hydrogen) atoms. The van der Waals surface area contributed by atoms with Crippen LogP contribution in [-0.2, 0) is 22.8 Å². The van der Waals surface area contributed by atoms with Gasteiger partial charge >= 0.3 is 0 Å². The van der Waals surface area contributed by atoms with Crippen LogP contribution in [0.2, 0.25) is 0 Å². The first-order chi connectivity index (χ1) is 13.8. The number of hydrogen-bond acceptors (Lipinski definition) is 6. The van der Waals surface area contributed by atoms with Gasteiger partial charge in [0.2, 0.25) is 0 Å². The number of fused-ring (bicyclic) bond motifs is 3.